The van der Waals surface area contributed by atoms with Gasteiger partial charge in [0.1, 0.15) is 0 Å². The van der Waals surface area contributed by atoms with E-state index in [0.29, 0.717) is 12.2 Å². The Labute approximate surface area is 136 Å². The van der Waals surface area contributed by atoms with E-state index in [1.807, 2.05) is 0 Å². The molecule has 1 aliphatic carbocycles. The topological polar surface area (TPSA) is 65.1 Å². The van der Waals surface area contributed by atoms with Crippen LogP contribution in [0.4, 0.5) is 0 Å². The minimum absolute atomic E-state index is 0.239. The SMILES string of the molecule is C1CCC2OC2C1.CCOC(=O)c1ccccc1C(=O)OCC. The van der Waals surface area contributed by atoms with Crippen molar-refractivity contribution < 1.29 is 23.8 Å². The molecule has 2 aliphatic rings. The number of benzene rings is 1. The monoisotopic (exact) mass is 320 g/mol. The number of ether oxygens (including phenoxy) is 3. The average molecular weight is 320 g/mol. The molecule has 0 bridgehead atoms. The van der Waals surface area contributed by atoms with Crippen molar-refractivity contribution in [2.75, 3.05) is 13.2 Å². The normalized spacial score (nSPS) is 21.3. The van der Waals surface area contributed by atoms with E-state index in [1.165, 1.54) is 25.7 Å². The Bertz CT molecular complexity index is 493. The molecule has 3 rings (SSSR count). The molecule has 1 aromatic rings. The molecule has 0 aromatic heterocycles. The second-order valence-corrected chi connectivity index (χ2v) is 5.48. The zero-order chi connectivity index (χ0) is 16.7. The molecule has 1 heterocycles. The lowest BCUT2D eigenvalue weighted by Crippen LogP contribution is -2.13. The van der Waals surface area contributed by atoms with Gasteiger partial charge in [-0.25, -0.2) is 9.59 Å². The summed E-state index contributed by atoms with van der Waals surface area (Å²) in [4.78, 5) is 23.1. The van der Waals surface area contributed by atoms with Crippen LogP contribution in [0.3, 0.4) is 0 Å². The number of carbonyl (C=O) groups is 2. The van der Waals surface area contributed by atoms with E-state index in [0.717, 1.165) is 0 Å². The molecule has 23 heavy (non-hydrogen) atoms. The van der Waals surface area contributed by atoms with Gasteiger partial charge >= 0.3 is 11.9 Å². The predicted octanol–water partition coefficient (Wildman–Crippen LogP) is 3.37. The fourth-order valence-electron chi connectivity index (χ4n) is 2.63. The number of epoxide rings is 1. The second-order valence-electron chi connectivity index (χ2n) is 5.48. The highest BCUT2D eigenvalue weighted by atomic mass is 16.6. The molecular formula is C18H24O5. The lowest BCUT2D eigenvalue weighted by molar-refractivity contribution is 0.0479. The van der Waals surface area contributed by atoms with Gasteiger partial charge in [-0.2, -0.15) is 0 Å². The molecule has 0 amide bonds. The van der Waals surface area contributed by atoms with Crippen molar-refractivity contribution in [2.45, 2.75) is 51.7 Å². The van der Waals surface area contributed by atoms with Gasteiger partial charge in [-0.15, -0.1) is 0 Å². The van der Waals surface area contributed by atoms with Crippen LogP contribution in [0, 0.1) is 0 Å². The van der Waals surface area contributed by atoms with Gasteiger partial charge in [-0.05, 0) is 38.8 Å². The molecule has 1 saturated carbocycles. The Morgan fingerprint density at radius 2 is 1.39 bits per heavy atom. The summed E-state index contributed by atoms with van der Waals surface area (Å²) in [6, 6.07) is 6.44. The Balaban J connectivity index is 0.000000223. The third-order valence-corrected chi connectivity index (χ3v) is 3.83. The second kappa shape index (κ2) is 8.67. The maximum atomic E-state index is 11.5. The van der Waals surface area contributed by atoms with E-state index in [9.17, 15) is 9.59 Å². The first-order valence-electron chi connectivity index (χ1n) is 8.26. The summed E-state index contributed by atoms with van der Waals surface area (Å²) in [5.74, 6) is -1.02. The van der Waals surface area contributed by atoms with Crippen molar-refractivity contribution in [2.24, 2.45) is 0 Å². The maximum Gasteiger partial charge on any atom is 0.338 e. The molecule has 1 aliphatic heterocycles. The molecule has 0 N–H and O–H groups in total. The molecule has 1 aromatic carbocycles. The zero-order valence-corrected chi connectivity index (χ0v) is 13.7. The fraction of sp³-hybridized carbons (Fsp3) is 0.556. The van der Waals surface area contributed by atoms with E-state index in [1.54, 1.807) is 38.1 Å². The first-order chi connectivity index (χ1) is 11.2. The summed E-state index contributed by atoms with van der Waals surface area (Å²) < 4.78 is 15.0. The quantitative estimate of drug-likeness (QED) is 0.628. The summed E-state index contributed by atoms with van der Waals surface area (Å²) >= 11 is 0. The third-order valence-electron chi connectivity index (χ3n) is 3.83. The highest BCUT2D eigenvalue weighted by molar-refractivity contribution is 6.03. The van der Waals surface area contributed by atoms with Crippen molar-refractivity contribution in [3.8, 4) is 0 Å². The Hall–Kier alpha value is -1.88. The third kappa shape index (κ3) is 5.06. The van der Waals surface area contributed by atoms with Gasteiger partial charge in [-0.3, -0.25) is 0 Å². The smallest absolute Gasteiger partial charge is 0.338 e. The van der Waals surface area contributed by atoms with Gasteiger partial charge in [-0.1, -0.05) is 25.0 Å². The standard InChI is InChI=1S/C12H14O4.C6H10O/c1-3-15-11(13)9-7-5-6-8-10(9)12(14)16-4-2;1-2-4-6-5(3-1)7-6/h5-8H,3-4H2,1-2H3;5-6H,1-4H2. The number of esters is 2. The number of hydrogen-bond acceptors (Lipinski definition) is 5. The highest BCUT2D eigenvalue weighted by Crippen LogP contribution is 2.35. The zero-order valence-electron chi connectivity index (χ0n) is 13.7. The molecule has 1 saturated heterocycles. The lowest BCUT2D eigenvalue weighted by atomic mass is 10.0. The van der Waals surface area contributed by atoms with Crippen molar-refractivity contribution in [1.29, 1.82) is 0 Å². The summed E-state index contributed by atoms with van der Waals surface area (Å²) in [7, 11) is 0. The molecule has 0 radical (unpaired) electrons. The molecular weight excluding hydrogens is 296 g/mol. The molecule has 2 fully saturated rings. The molecule has 5 heteroatoms. The van der Waals surface area contributed by atoms with E-state index in [2.05, 4.69) is 0 Å². The van der Waals surface area contributed by atoms with Crippen LogP contribution in [0.1, 0.15) is 60.2 Å². The molecule has 2 unspecified atom stereocenters. The van der Waals surface area contributed by atoms with Crippen LogP contribution in [-0.2, 0) is 14.2 Å². The largest absolute Gasteiger partial charge is 0.462 e. The Morgan fingerprint density at radius 3 is 1.74 bits per heavy atom. The number of fused-ring (bicyclic) bond motifs is 1. The molecule has 5 nitrogen and oxygen atoms in total. The van der Waals surface area contributed by atoms with Crippen molar-refractivity contribution in [3.05, 3.63) is 35.4 Å². The first-order valence-corrected chi connectivity index (χ1v) is 8.26. The minimum atomic E-state index is -0.508. The summed E-state index contributed by atoms with van der Waals surface area (Å²) in [6.45, 7) is 3.97. The van der Waals surface area contributed by atoms with Crippen LogP contribution >= 0.6 is 0 Å². The van der Waals surface area contributed by atoms with Crippen molar-refractivity contribution >= 4 is 11.9 Å². The van der Waals surface area contributed by atoms with Crippen LogP contribution in [-0.4, -0.2) is 37.4 Å². The molecule has 0 spiro atoms. The number of carbonyl (C=O) groups excluding carboxylic acids is 2. The van der Waals surface area contributed by atoms with E-state index >= 15 is 0 Å². The minimum Gasteiger partial charge on any atom is -0.462 e. The highest BCUT2D eigenvalue weighted by Gasteiger charge is 2.39. The van der Waals surface area contributed by atoms with E-state index < -0.39 is 11.9 Å². The molecule has 2 atom stereocenters. The van der Waals surface area contributed by atoms with Crippen molar-refractivity contribution in [3.63, 3.8) is 0 Å². The van der Waals surface area contributed by atoms with E-state index in [4.69, 9.17) is 14.2 Å². The number of hydrogen-bond donors (Lipinski definition) is 0. The Kier molecular flexibility index (Phi) is 6.59. The van der Waals surface area contributed by atoms with Gasteiger partial charge in [0.15, 0.2) is 0 Å². The average Bonchev–Trinajstić information content (AvgIpc) is 3.35. The van der Waals surface area contributed by atoms with Crippen LogP contribution in [0.2, 0.25) is 0 Å². The van der Waals surface area contributed by atoms with Gasteiger partial charge in [0, 0.05) is 0 Å². The number of rotatable bonds is 4. The van der Waals surface area contributed by atoms with Gasteiger partial charge in [0.05, 0.1) is 36.5 Å². The maximum absolute atomic E-state index is 11.5. The van der Waals surface area contributed by atoms with Gasteiger partial charge in [0.25, 0.3) is 0 Å². The predicted molar refractivity (Wildman–Crippen MR) is 85.5 cm³/mol. The van der Waals surface area contributed by atoms with Crippen LogP contribution in [0.5, 0.6) is 0 Å². The lowest BCUT2D eigenvalue weighted by Gasteiger charge is -2.07. The van der Waals surface area contributed by atoms with E-state index in [-0.39, 0.29) is 24.3 Å². The molecule has 126 valence electrons. The summed E-state index contributed by atoms with van der Waals surface area (Å²) in [5, 5.41) is 0. The van der Waals surface area contributed by atoms with Gasteiger partial charge in [0.2, 0.25) is 0 Å². The fourth-order valence-corrected chi connectivity index (χ4v) is 2.63. The van der Waals surface area contributed by atoms with Gasteiger partial charge < -0.3 is 14.2 Å². The first kappa shape index (κ1) is 17.5. The summed E-state index contributed by atoms with van der Waals surface area (Å²) in [6.07, 6.45) is 6.89. The van der Waals surface area contributed by atoms with Crippen LogP contribution in [0.25, 0.3) is 0 Å². The summed E-state index contributed by atoms with van der Waals surface area (Å²) in [5.41, 5.74) is 0.477. The van der Waals surface area contributed by atoms with Crippen LogP contribution < -0.4 is 0 Å². The van der Waals surface area contributed by atoms with Crippen molar-refractivity contribution in [1.82, 2.24) is 0 Å². The van der Waals surface area contributed by atoms with Crippen LogP contribution in [0.15, 0.2) is 24.3 Å². The Morgan fingerprint density at radius 1 is 0.957 bits per heavy atom.